The molecule has 0 aliphatic carbocycles. The first-order valence-electron chi connectivity index (χ1n) is 8.13. The predicted octanol–water partition coefficient (Wildman–Crippen LogP) is 4.60. The van der Waals surface area contributed by atoms with Gasteiger partial charge in [0.1, 0.15) is 17.3 Å². The second-order valence-corrected chi connectivity index (χ2v) is 8.66. The highest BCUT2D eigenvalue weighted by Crippen LogP contribution is 2.34. The van der Waals surface area contributed by atoms with E-state index in [1.54, 1.807) is 18.2 Å². The van der Waals surface area contributed by atoms with Crippen LogP contribution in [-0.4, -0.2) is 25.7 Å². The summed E-state index contributed by atoms with van der Waals surface area (Å²) in [6, 6.07) is 9.79. The Morgan fingerprint density at radius 3 is 2.31 bits per heavy atom. The number of pyridine rings is 1. The molecule has 0 radical (unpaired) electrons. The Labute approximate surface area is 167 Å². The highest BCUT2D eigenvalue weighted by Gasteiger charge is 2.33. The Balaban J connectivity index is 1.76. The number of fused-ring (bicyclic) bond motifs is 1. The molecule has 0 aliphatic rings. The van der Waals surface area contributed by atoms with Crippen LogP contribution < -0.4 is 4.72 Å². The predicted molar refractivity (Wildman–Crippen MR) is 99.0 cm³/mol. The molecule has 0 aliphatic heterocycles. The van der Waals surface area contributed by atoms with E-state index in [-0.39, 0.29) is 22.7 Å². The van der Waals surface area contributed by atoms with Gasteiger partial charge in [-0.05, 0) is 24.3 Å². The summed E-state index contributed by atoms with van der Waals surface area (Å²) in [6.45, 7) is -0.251. The van der Waals surface area contributed by atoms with Crippen molar-refractivity contribution >= 4 is 32.7 Å². The molecule has 154 valence electrons. The van der Waals surface area contributed by atoms with Gasteiger partial charge in [0.2, 0.25) is 10.0 Å². The van der Waals surface area contributed by atoms with Crippen LogP contribution in [0.25, 0.3) is 10.9 Å². The number of halogens is 5. The van der Waals surface area contributed by atoms with Gasteiger partial charge in [-0.25, -0.2) is 26.9 Å². The van der Waals surface area contributed by atoms with Crippen molar-refractivity contribution in [1.29, 1.82) is 0 Å². The molecule has 1 aromatic heterocycles. The van der Waals surface area contributed by atoms with Crippen LogP contribution in [0.1, 0.15) is 5.69 Å². The van der Waals surface area contributed by atoms with Crippen molar-refractivity contribution in [3.05, 3.63) is 65.9 Å². The summed E-state index contributed by atoms with van der Waals surface area (Å²) < 4.78 is 92.9. The van der Waals surface area contributed by atoms with E-state index in [2.05, 4.69) is 9.71 Å². The molecule has 0 saturated carbocycles. The topological polar surface area (TPSA) is 59.1 Å². The van der Waals surface area contributed by atoms with E-state index in [1.165, 1.54) is 6.07 Å². The Bertz CT molecular complexity index is 1130. The summed E-state index contributed by atoms with van der Waals surface area (Å²) >= 11 is 0.970. The van der Waals surface area contributed by atoms with E-state index in [1.807, 2.05) is 0 Å². The van der Waals surface area contributed by atoms with E-state index >= 15 is 0 Å². The fourth-order valence-electron chi connectivity index (χ4n) is 2.56. The number of aromatic nitrogens is 1. The zero-order valence-electron chi connectivity index (χ0n) is 14.5. The molecule has 1 heterocycles. The SMILES string of the molecule is O=S(=O)(NCCSc1cc(C(F)(F)F)nc2ccccc12)c1c(F)cccc1F. The van der Waals surface area contributed by atoms with Gasteiger partial charge in [0.05, 0.1) is 5.52 Å². The van der Waals surface area contributed by atoms with E-state index in [0.29, 0.717) is 5.39 Å². The monoisotopic (exact) mass is 448 g/mol. The number of para-hydroxylation sites is 1. The first kappa shape index (κ1) is 21.5. The van der Waals surface area contributed by atoms with Crippen molar-refractivity contribution in [2.24, 2.45) is 0 Å². The lowest BCUT2D eigenvalue weighted by Crippen LogP contribution is -2.27. The van der Waals surface area contributed by atoms with Crippen LogP contribution in [0, 0.1) is 11.6 Å². The number of thioether (sulfide) groups is 1. The molecule has 0 spiro atoms. The van der Waals surface area contributed by atoms with Gasteiger partial charge in [0, 0.05) is 22.6 Å². The van der Waals surface area contributed by atoms with Crippen LogP contribution in [0.4, 0.5) is 22.0 Å². The zero-order chi connectivity index (χ0) is 21.2. The zero-order valence-corrected chi connectivity index (χ0v) is 16.1. The maximum Gasteiger partial charge on any atom is 0.433 e. The number of benzene rings is 2. The molecule has 3 aromatic rings. The van der Waals surface area contributed by atoms with Crippen LogP contribution >= 0.6 is 11.8 Å². The van der Waals surface area contributed by atoms with Crippen molar-refractivity contribution in [3.8, 4) is 0 Å². The molecule has 0 bridgehead atoms. The third-order valence-corrected chi connectivity index (χ3v) is 6.38. The standard InChI is InChI=1S/C18H13F5N2O2S2/c19-12-5-3-6-13(20)17(12)29(26,27)24-8-9-28-15-10-16(18(21,22)23)25-14-7-2-1-4-11(14)15/h1-7,10,24H,8-9H2. The normalized spacial score (nSPS) is 12.4. The quantitative estimate of drug-likeness (QED) is 0.340. The van der Waals surface area contributed by atoms with Crippen molar-refractivity contribution < 1.29 is 30.4 Å². The summed E-state index contributed by atoms with van der Waals surface area (Å²) in [5.74, 6) is -2.44. The third kappa shape index (κ3) is 4.85. The average Bonchev–Trinajstić information content (AvgIpc) is 2.64. The molecular weight excluding hydrogens is 435 g/mol. The lowest BCUT2D eigenvalue weighted by Gasteiger charge is -2.12. The lowest BCUT2D eigenvalue weighted by atomic mass is 10.2. The first-order chi connectivity index (χ1) is 13.6. The number of sulfonamides is 1. The number of rotatable bonds is 6. The molecular formula is C18H13F5N2O2S2. The van der Waals surface area contributed by atoms with E-state index in [9.17, 15) is 30.4 Å². The number of alkyl halides is 3. The molecule has 4 nitrogen and oxygen atoms in total. The summed E-state index contributed by atoms with van der Waals surface area (Å²) in [7, 11) is -4.46. The van der Waals surface area contributed by atoms with Gasteiger partial charge in [-0.2, -0.15) is 13.2 Å². The minimum atomic E-state index is -4.64. The molecule has 3 rings (SSSR count). The van der Waals surface area contributed by atoms with Gasteiger partial charge in [0.15, 0.2) is 4.90 Å². The minimum Gasteiger partial charge on any atom is -0.243 e. The molecule has 29 heavy (non-hydrogen) atoms. The Hall–Kier alpha value is -2.24. The van der Waals surface area contributed by atoms with Gasteiger partial charge in [-0.15, -0.1) is 11.8 Å². The largest absolute Gasteiger partial charge is 0.433 e. The van der Waals surface area contributed by atoms with Crippen LogP contribution in [0.5, 0.6) is 0 Å². The van der Waals surface area contributed by atoms with Gasteiger partial charge in [0.25, 0.3) is 0 Å². The minimum absolute atomic E-state index is 0.0284. The smallest absolute Gasteiger partial charge is 0.243 e. The number of hydrogen-bond donors (Lipinski definition) is 1. The van der Waals surface area contributed by atoms with Crippen molar-refractivity contribution in [1.82, 2.24) is 9.71 Å². The third-order valence-electron chi connectivity index (χ3n) is 3.81. The molecule has 0 amide bonds. The Morgan fingerprint density at radius 1 is 1.00 bits per heavy atom. The summed E-state index contributed by atoms with van der Waals surface area (Å²) in [5, 5.41) is 0.480. The Morgan fingerprint density at radius 2 is 1.66 bits per heavy atom. The molecule has 0 saturated heterocycles. The van der Waals surface area contributed by atoms with Crippen molar-refractivity contribution in [3.63, 3.8) is 0 Å². The van der Waals surface area contributed by atoms with Gasteiger partial charge >= 0.3 is 6.18 Å². The maximum absolute atomic E-state index is 13.7. The van der Waals surface area contributed by atoms with Crippen LogP contribution in [-0.2, 0) is 16.2 Å². The summed E-state index contributed by atoms with van der Waals surface area (Å²) in [6.07, 6.45) is -4.64. The average molecular weight is 448 g/mol. The number of hydrogen-bond acceptors (Lipinski definition) is 4. The van der Waals surface area contributed by atoms with Crippen LogP contribution in [0.3, 0.4) is 0 Å². The maximum atomic E-state index is 13.7. The molecule has 11 heteroatoms. The summed E-state index contributed by atoms with van der Waals surface area (Å²) in [4.78, 5) is 2.77. The molecule has 0 fully saturated rings. The molecule has 0 atom stereocenters. The van der Waals surface area contributed by atoms with E-state index < -0.39 is 38.4 Å². The van der Waals surface area contributed by atoms with Gasteiger partial charge in [-0.3, -0.25) is 0 Å². The lowest BCUT2D eigenvalue weighted by molar-refractivity contribution is -0.141. The summed E-state index contributed by atoms with van der Waals surface area (Å²) in [5.41, 5.74) is -0.911. The Kier molecular flexibility index (Phi) is 6.11. The first-order valence-corrected chi connectivity index (χ1v) is 10.6. The van der Waals surface area contributed by atoms with Crippen LogP contribution in [0.15, 0.2) is 58.3 Å². The van der Waals surface area contributed by atoms with Gasteiger partial charge in [-0.1, -0.05) is 24.3 Å². The van der Waals surface area contributed by atoms with Gasteiger partial charge < -0.3 is 0 Å². The number of nitrogens with one attached hydrogen (secondary N) is 1. The van der Waals surface area contributed by atoms with Crippen molar-refractivity contribution in [2.45, 2.75) is 16.0 Å². The highest BCUT2D eigenvalue weighted by molar-refractivity contribution is 7.99. The van der Waals surface area contributed by atoms with Crippen molar-refractivity contribution in [2.75, 3.05) is 12.3 Å². The molecule has 1 N–H and O–H groups in total. The molecule has 2 aromatic carbocycles. The van der Waals surface area contributed by atoms with E-state index in [4.69, 9.17) is 0 Å². The fraction of sp³-hybridized carbons (Fsp3) is 0.167. The fourth-order valence-corrected chi connectivity index (χ4v) is 4.80. The highest BCUT2D eigenvalue weighted by atomic mass is 32.2. The molecule has 0 unspecified atom stereocenters. The van der Waals surface area contributed by atoms with Crippen LogP contribution in [0.2, 0.25) is 0 Å². The second kappa shape index (κ2) is 8.25. The van der Waals surface area contributed by atoms with E-state index in [0.717, 1.165) is 36.0 Å². The second-order valence-electron chi connectivity index (χ2n) is 5.82. The number of nitrogens with zero attached hydrogens (tertiary/aromatic N) is 1.